The van der Waals surface area contributed by atoms with E-state index in [0.717, 1.165) is 5.56 Å². The number of rotatable bonds is 12. The van der Waals surface area contributed by atoms with Crippen molar-refractivity contribution in [2.75, 3.05) is 5.75 Å². The van der Waals surface area contributed by atoms with Gasteiger partial charge in [-0.05, 0) is 18.4 Å². The molecular formula is C21H32N4O5S. The van der Waals surface area contributed by atoms with Gasteiger partial charge < -0.3 is 26.8 Å². The lowest BCUT2D eigenvalue weighted by Crippen LogP contribution is -2.58. The summed E-state index contributed by atoms with van der Waals surface area (Å²) in [7, 11) is 0. The molecule has 0 heterocycles. The van der Waals surface area contributed by atoms with Crippen molar-refractivity contribution in [1.82, 2.24) is 16.0 Å². The smallest absolute Gasteiger partial charge is 0.325 e. The number of carboxylic acids is 1. The molecule has 5 unspecified atom stereocenters. The minimum atomic E-state index is -1.20. The molecule has 0 aliphatic carbocycles. The maximum absolute atomic E-state index is 12.8. The molecule has 5 atom stereocenters. The van der Waals surface area contributed by atoms with Crippen LogP contribution in [0.4, 0.5) is 0 Å². The van der Waals surface area contributed by atoms with E-state index < -0.39 is 47.9 Å². The number of amides is 3. The summed E-state index contributed by atoms with van der Waals surface area (Å²) < 4.78 is 0. The summed E-state index contributed by atoms with van der Waals surface area (Å²) in [5.41, 5.74) is 6.70. The zero-order valence-corrected chi connectivity index (χ0v) is 18.9. The van der Waals surface area contributed by atoms with Gasteiger partial charge in [0.25, 0.3) is 0 Å². The van der Waals surface area contributed by atoms with Gasteiger partial charge in [0.05, 0.1) is 6.04 Å². The molecule has 31 heavy (non-hydrogen) atoms. The van der Waals surface area contributed by atoms with Crippen LogP contribution in [0.25, 0.3) is 0 Å². The highest BCUT2D eigenvalue weighted by Gasteiger charge is 2.29. The van der Waals surface area contributed by atoms with Crippen molar-refractivity contribution in [2.24, 2.45) is 11.7 Å². The normalized spacial score (nSPS) is 15.6. The Morgan fingerprint density at radius 2 is 1.52 bits per heavy atom. The van der Waals surface area contributed by atoms with Gasteiger partial charge in [-0.2, -0.15) is 12.6 Å². The molecule has 0 spiro atoms. The molecule has 0 aromatic heterocycles. The van der Waals surface area contributed by atoms with Gasteiger partial charge in [0.15, 0.2) is 0 Å². The Bertz CT molecular complexity index is 761. The second kappa shape index (κ2) is 13.0. The molecule has 0 aliphatic heterocycles. The lowest BCUT2D eigenvalue weighted by molar-refractivity contribution is -0.141. The number of hydrogen-bond donors (Lipinski definition) is 6. The highest BCUT2D eigenvalue weighted by Crippen LogP contribution is 2.07. The fraction of sp³-hybridized carbons (Fsp3) is 0.524. The number of carbonyl (C=O) groups excluding carboxylic acids is 3. The van der Waals surface area contributed by atoms with E-state index in [2.05, 4.69) is 28.6 Å². The Morgan fingerprint density at radius 1 is 0.968 bits per heavy atom. The average molecular weight is 453 g/mol. The van der Waals surface area contributed by atoms with Gasteiger partial charge in [-0.15, -0.1) is 0 Å². The third kappa shape index (κ3) is 8.58. The molecule has 172 valence electrons. The summed E-state index contributed by atoms with van der Waals surface area (Å²) in [6, 6.07) is 5.02. The van der Waals surface area contributed by atoms with Gasteiger partial charge in [-0.25, -0.2) is 0 Å². The van der Waals surface area contributed by atoms with Crippen LogP contribution < -0.4 is 21.7 Å². The summed E-state index contributed by atoms with van der Waals surface area (Å²) in [5, 5.41) is 16.6. The molecule has 1 aromatic carbocycles. The standard InChI is InChI=1S/C21H32N4O5S/c1-4-12(2)17(22)20(28)25-16(11-31)19(27)24-15(10-14-8-6-5-7-9-14)18(26)23-13(3)21(29)30/h5-9,12-13,15-17,31H,4,10-11,22H2,1-3H3,(H,23,26)(H,24,27)(H,25,28)(H,29,30). The second-order valence-electron chi connectivity index (χ2n) is 7.47. The molecule has 6 N–H and O–H groups in total. The lowest BCUT2D eigenvalue weighted by atomic mass is 9.99. The van der Waals surface area contributed by atoms with Crippen LogP contribution in [0.2, 0.25) is 0 Å². The maximum atomic E-state index is 12.8. The summed E-state index contributed by atoms with van der Waals surface area (Å²) in [6.07, 6.45) is 0.845. The predicted molar refractivity (Wildman–Crippen MR) is 121 cm³/mol. The number of nitrogens with one attached hydrogen (secondary N) is 3. The van der Waals surface area contributed by atoms with E-state index in [-0.39, 0.29) is 18.1 Å². The Morgan fingerprint density at radius 3 is 2.03 bits per heavy atom. The molecular weight excluding hydrogens is 420 g/mol. The predicted octanol–water partition coefficient (Wildman–Crippen LogP) is 0.0912. The number of benzene rings is 1. The topological polar surface area (TPSA) is 151 Å². The average Bonchev–Trinajstić information content (AvgIpc) is 2.75. The van der Waals surface area contributed by atoms with Crippen LogP contribution in [0.5, 0.6) is 0 Å². The fourth-order valence-corrected chi connectivity index (χ4v) is 2.94. The third-order valence-corrected chi connectivity index (χ3v) is 5.39. The van der Waals surface area contributed by atoms with Crippen molar-refractivity contribution in [3.63, 3.8) is 0 Å². The first-order valence-electron chi connectivity index (χ1n) is 10.1. The molecule has 1 rings (SSSR count). The molecule has 0 bridgehead atoms. The summed E-state index contributed by atoms with van der Waals surface area (Å²) in [5.74, 6) is -3.01. The maximum Gasteiger partial charge on any atom is 0.325 e. The van der Waals surface area contributed by atoms with E-state index >= 15 is 0 Å². The van der Waals surface area contributed by atoms with E-state index in [1.807, 2.05) is 19.9 Å². The molecule has 0 saturated carbocycles. The van der Waals surface area contributed by atoms with Gasteiger partial charge in [0.1, 0.15) is 18.1 Å². The summed E-state index contributed by atoms with van der Waals surface area (Å²) in [6.45, 7) is 5.07. The van der Waals surface area contributed by atoms with Crippen LogP contribution in [0.15, 0.2) is 30.3 Å². The van der Waals surface area contributed by atoms with Crippen LogP contribution in [-0.4, -0.2) is 58.7 Å². The van der Waals surface area contributed by atoms with Crippen LogP contribution in [0.1, 0.15) is 32.8 Å². The molecule has 0 saturated heterocycles. The van der Waals surface area contributed by atoms with E-state index in [9.17, 15) is 19.2 Å². The first-order valence-corrected chi connectivity index (χ1v) is 10.8. The summed E-state index contributed by atoms with van der Waals surface area (Å²) >= 11 is 4.13. The highest BCUT2D eigenvalue weighted by molar-refractivity contribution is 7.80. The number of aliphatic carboxylic acids is 1. The summed E-state index contributed by atoms with van der Waals surface area (Å²) in [4.78, 5) is 48.9. The van der Waals surface area contributed by atoms with E-state index in [4.69, 9.17) is 10.8 Å². The number of thiol groups is 1. The van der Waals surface area contributed by atoms with Gasteiger partial charge >= 0.3 is 5.97 Å². The van der Waals surface area contributed by atoms with Crippen molar-refractivity contribution >= 4 is 36.3 Å². The van der Waals surface area contributed by atoms with Gasteiger partial charge in [-0.1, -0.05) is 50.6 Å². The van der Waals surface area contributed by atoms with Crippen molar-refractivity contribution < 1.29 is 24.3 Å². The van der Waals surface area contributed by atoms with Crippen LogP contribution in [-0.2, 0) is 25.6 Å². The number of hydrogen-bond acceptors (Lipinski definition) is 6. The Kier molecular flexibility index (Phi) is 11.1. The molecule has 3 amide bonds. The molecule has 0 aliphatic rings. The van der Waals surface area contributed by atoms with Crippen LogP contribution >= 0.6 is 12.6 Å². The van der Waals surface area contributed by atoms with Crippen LogP contribution in [0, 0.1) is 5.92 Å². The minimum Gasteiger partial charge on any atom is -0.480 e. The number of carboxylic acid groups (broad SMARTS) is 1. The Hall–Kier alpha value is -2.59. The third-order valence-electron chi connectivity index (χ3n) is 5.02. The first-order chi connectivity index (χ1) is 14.6. The SMILES string of the molecule is CCC(C)C(N)C(=O)NC(CS)C(=O)NC(Cc1ccccc1)C(=O)NC(C)C(=O)O. The minimum absolute atomic E-state index is 0.00396. The Balaban J connectivity index is 2.94. The number of carbonyl (C=O) groups is 4. The quantitative estimate of drug-likeness (QED) is 0.247. The van der Waals surface area contributed by atoms with Gasteiger partial charge in [-0.3, -0.25) is 19.2 Å². The first kappa shape index (κ1) is 26.4. The van der Waals surface area contributed by atoms with Crippen LogP contribution in [0.3, 0.4) is 0 Å². The van der Waals surface area contributed by atoms with E-state index in [0.29, 0.717) is 6.42 Å². The number of nitrogens with two attached hydrogens (primary N) is 1. The fourth-order valence-electron chi connectivity index (χ4n) is 2.68. The largest absolute Gasteiger partial charge is 0.480 e. The van der Waals surface area contributed by atoms with Crippen molar-refractivity contribution in [3.05, 3.63) is 35.9 Å². The molecule has 9 nitrogen and oxygen atoms in total. The second-order valence-corrected chi connectivity index (χ2v) is 7.84. The van der Waals surface area contributed by atoms with Crippen molar-refractivity contribution in [2.45, 2.75) is 57.8 Å². The molecule has 1 aromatic rings. The monoisotopic (exact) mass is 452 g/mol. The highest BCUT2D eigenvalue weighted by atomic mass is 32.1. The van der Waals surface area contributed by atoms with Gasteiger partial charge in [0.2, 0.25) is 17.7 Å². The Labute approximate surface area is 187 Å². The molecule has 10 heteroatoms. The molecule has 0 fully saturated rings. The zero-order valence-electron chi connectivity index (χ0n) is 18.0. The van der Waals surface area contributed by atoms with Crippen molar-refractivity contribution in [1.29, 1.82) is 0 Å². The van der Waals surface area contributed by atoms with Gasteiger partial charge in [0, 0.05) is 12.2 Å². The van der Waals surface area contributed by atoms with E-state index in [1.165, 1.54) is 6.92 Å². The van der Waals surface area contributed by atoms with Crippen molar-refractivity contribution in [3.8, 4) is 0 Å². The van der Waals surface area contributed by atoms with E-state index in [1.54, 1.807) is 24.3 Å². The zero-order chi connectivity index (χ0) is 23.6. The lowest BCUT2D eigenvalue weighted by Gasteiger charge is -2.25. The molecule has 0 radical (unpaired) electrons.